The van der Waals surface area contributed by atoms with Gasteiger partial charge < -0.3 is 0 Å². The molecule has 1 aliphatic heterocycles. The Labute approximate surface area is 94.0 Å². The molecule has 0 aromatic heterocycles. The van der Waals surface area contributed by atoms with Gasteiger partial charge in [-0.2, -0.15) is 10.5 Å². The first-order valence-electron chi connectivity index (χ1n) is 5.03. The number of rotatable bonds is 1. The van der Waals surface area contributed by atoms with Crippen LogP contribution in [0.4, 0.5) is 0 Å². The van der Waals surface area contributed by atoms with E-state index in [2.05, 4.69) is 5.32 Å². The lowest BCUT2D eigenvalue weighted by molar-refractivity contribution is -0.146. The van der Waals surface area contributed by atoms with Crippen molar-refractivity contribution in [1.29, 1.82) is 10.5 Å². The molecule has 1 heterocycles. The van der Waals surface area contributed by atoms with Crippen LogP contribution >= 0.6 is 0 Å². The van der Waals surface area contributed by atoms with Crippen LogP contribution in [0.1, 0.15) is 20.8 Å². The quantitative estimate of drug-likeness (QED) is 0.653. The first kappa shape index (κ1) is 12.2. The fourth-order valence-corrected chi connectivity index (χ4v) is 2.06. The third-order valence-corrected chi connectivity index (χ3v) is 3.52. The van der Waals surface area contributed by atoms with Gasteiger partial charge in [-0.25, -0.2) is 0 Å². The van der Waals surface area contributed by atoms with Crippen LogP contribution in [-0.2, 0) is 9.59 Å². The summed E-state index contributed by atoms with van der Waals surface area (Å²) in [7, 11) is 0. The maximum atomic E-state index is 11.6. The fourth-order valence-electron chi connectivity index (χ4n) is 2.06. The third kappa shape index (κ3) is 1.45. The standard InChI is InChI=1S/C11H13N3O2/c1-6(2)11(3)7(4-12)9(15)14-10(16)8(11)5-13/h6-8H,1-3H3,(H,14,15,16). The Morgan fingerprint density at radius 1 is 1.19 bits per heavy atom. The van der Waals surface area contributed by atoms with Crippen LogP contribution in [0.25, 0.3) is 0 Å². The molecule has 84 valence electrons. The summed E-state index contributed by atoms with van der Waals surface area (Å²) in [6.45, 7) is 5.26. The van der Waals surface area contributed by atoms with Crippen LogP contribution in [0.2, 0.25) is 0 Å². The van der Waals surface area contributed by atoms with E-state index in [9.17, 15) is 9.59 Å². The summed E-state index contributed by atoms with van der Waals surface area (Å²) < 4.78 is 0. The van der Waals surface area contributed by atoms with Crippen LogP contribution in [0.5, 0.6) is 0 Å². The van der Waals surface area contributed by atoms with Crippen molar-refractivity contribution in [3.8, 4) is 12.1 Å². The van der Waals surface area contributed by atoms with Crippen molar-refractivity contribution in [2.24, 2.45) is 23.2 Å². The number of piperidine rings is 1. The molecule has 1 aliphatic rings. The minimum absolute atomic E-state index is 0.114. The Morgan fingerprint density at radius 3 is 1.81 bits per heavy atom. The lowest BCUT2D eigenvalue weighted by Gasteiger charge is -2.42. The Morgan fingerprint density at radius 2 is 1.56 bits per heavy atom. The van der Waals surface area contributed by atoms with Crippen LogP contribution in [-0.4, -0.2) is 11.8 Å². The van der Waals surface area contributed by atoms with E-state index in [1.807, 2.05) is 12.1 Å². The predicted octanol–water partition coefficient (Wildman–Crippen LogP) is 0.585. The molecule has 2 unspecified atom stereocenters. The smallest absolute Gasteiger partial charge is 0.244 e. The topological polar surface area (TPSA) is 93.8 Å². The zero-order valence-corrected chi connectivity index (χ0v) is 9.44. The average molecular weight is 219 g/mol. The second kappa shape index (κ2) is 3.94. The second-order valence-electron chi connectivity index (χ2n) is 4.50. The molecule has 16 heavy (non-hydrogen) atoms. The van der Waals surface area contributed by atoms with Crippen LogP contribution in [0.3, 0.4) is 0 Å². The van der Waals surface area contributed by atoms with Gasteiger partial charge in [-0.3, -0.25) is 14.9 Å². The van der Waals surface area contributed by atoms with Crippen molar-refractivity contribution in [3.63, 3.8) is 0 Å². The van der Waals surface area contributed by atoms with Crippen molar-refractivity contribution >= 4 is 11.8 Å². The number of amides is 2. The van der Waals surface area contributed by atoms with Gasteiger partial charge in [0.2, 0.25) is 11.8 Å². The van der Waals surface area contributed by atoms with Crippen molar-refractivity contribution in [2.45, 2.75) is 20.8 Å². The largest absolute Gasteiger partial charge is 0.294 e. The number of carbonyl (C=O) groups is 2. The Hall–Kier alpha value is -1.88. The molecule has 2 atom stereocenters. The zero-order valence-electron chi connectivity index (χ0n) is 9.44. The molecule has 2 amide bonds. The maximum absolute atomic E-state index is 11.6. The van der Waals surface area contributed by atoms with Crippen LogP contribution < -0.4 is 5.32 Å². The van der Waals surface area contributed by atoms with Crippen LogP contribution in [0.15, 0.2) is 0 Å². The molecule has 1 rings (SSSR count). The van der Waals surface area contributed by atoms with Crippen molar-refractivity contribution in [1.82, 2.24) is 5.32 Å². The number of imide groups is 1. The minimum Gasteiger partial charge on any atom is -0.294 e. The van der Waals surface area contributed by atoms with Crippen molar-refractivity contribution in [2.75, 3.05) is 0 Å². The summed E-state index contributed by atoms with van der Waals surface area (Å²) in [5, 5.41) is 20.1. The van der Waals surface area contributed by atoms with Gasteiger partial charge in [0.1, 0.15) is 11.8 Å². The molecule has 5 nitrogen and oxygen atoms in total. The van der Waals surface area contributed by atoms with E-state index >= 15 is 0 Å². The molecule has 0 radical (unpaired) electrons. The number of nitrogens with zero attached hydrogens (tertiary/aromatic N) is 2. The van der Waals surface area contributed by atoms with E-state index in [4.69, 9.17) is 10.5 Å². The molecular weight excluding hydrogens is 206 g/mol. The summed E-state index contributed by atoms with van der Waals surface area (Å²) >= 11 is 0. The average Bonchev–Trinajstić information content (AvgIpc) is 2.17. The highest BCUT2D eigenvalue weighted by Gasteiger charge is 2.54. The molecule has 0 aromatic carbocycles. The number of carbonyl (C=O) groups excluding carboxylic acids is 2. The molecule has 1 N–H and O–H groups in total. The highest BCUT2D eigenvalue weighted by Crippen LogP contribution is 2.44. The highest BCUT2D eigenvalue weighted by atomic mass is 16.2. The molecule has 0 aliphatic carbocycles. The van der Waals surface area contributed by atoms with Crippen molar-refractivity contribution in [3.05, 3.63) is 0 Å². The molecule has 0 spiro atoms. The van der Waals surface area contributed by atoms with Gasteiger partial charge in [-0.15, -0.1) is 0 Å². The molecule has 0 aromatic rings. The third-order valence-electron chi connectivity index (χ3n) is 3.52. The number of hydrogen-bond acceptors (Lipinski definition) is 4. The highest BCUT2D eigenvalue weighted by molar-refractivity contribution is 6.03. The normalized spacial score (nSPS) is 34.1. The summed E-state index contributed by atoms with van der Waals surface area (Å²) in [6, 6.07) is 3.79. The number of hydrogen-bond donors (Lipinski definition) is 1. The predicted molar refractivity (Wildman–Crippen MR) is 54.3 cm³/mol. The van der Waals surface area contributed by atoms with Gasteiger partial charge in [0.25, 0.3) is 0 Å². The molecule has 1 saturated heterocycles. The monoisotopic (exact) mass is 219 g/mol. The number of nitrogens with one attached hydrogen (secondary N) is 1. The van der Waals surface area contributed by atoms with E-state index in [1.165, 1.54) is 0 Å². The van der Waals surface area contributed by atoms with Gasteiger partial charge in [0, 0.05) is 5.41 Å². The van der Waals surface area contributed by atoms with Gasteiger partial charge >= 0.3 is 0 Å². The molecular formula is C11H13N3O2. The molecule has 0 saturated carbocycles. The molecule has 0 bridgehead atoms. The van der Waals surface area contributed by atoms with Crippen molar-refractivity contribution < 1.29 is 9.59 Å². The van der Waals surface area contributed by atoms with Gasteiger partial charge in [-0.05, 0) is 5.92 Å². The summed E-state index contributed by atoms with van der Waals surface area (Å²) in [6.07, 6.45) is 0. The van der Waals surface area contributed by atoms with Gasteiger partial charge in [0.05, 0.1) is 12.1 Å². The summed E-state index contributed by atoms with van der Waals surface area (Å²) in [4.78, 5) is 23.1. The van der Waals surface area contributed by atoms with Gasteiger partial charge in [0.15, 0.2) is 0 Å². The SMILES string of the molecule is CC(C)C1(C)C(C#N)C(=O)NC(=O)C1C#N. The maximum Gasteiger partial charge on any atom is 0.244 e. The minimum atomic E-state index is -0.963. The van der Waals surface area contributed by atoms with Gasteiger partial charge in [-0.1, -0.05) is 20.8 Å². The second-order valence-corrected chi connectivity index (χ2v) is 4.50. The Balaban J connectivity index is 3.33. The van der Waals surface area contributed by atoms with Crippen LogP contribution in [0, 0.1) is 45.8 Å². The van der Waals surface area contributed by atoms with E-state index < -0.39 is 29.1 Å². The van der Waals surface area contributed by atoms with E-state index in [1.54, 1.807) is 20.8 Å². The van der Waals surface area contributed by atoms with E-state index in [0.717, 1.165) is 0 Å². The lowest BCUT2D eigenvalue weighted by Crippen LogP contribution is -2.58. The molecule has 5 heteroatoms. The fraction of sp³-hybridized carbons (Fsp3) is 0.636. The summed E-state index contributed by atoms with van der Waals surface area (Å²) in [5.41, 5.74) is -0.928. The Bertz CT molecular complexity index is 382. The zero-order chi connectivity index (χ0) is 12.5. The van der Waals surface area contributed by atoms with E-state index in [0.29, 0.717) is 0 Å². The lowest BCUT2D eigenvalue weighted by atomic mass is 9.60. The first-order valence-corrected chi connectivity index (χ1v) is 5.03. The first-order chi connectivity index (χ1) is 7.39. The Kier molecular flexibility index (Phi) is 3.00. The van der Waals surface area contributed by atoms with E-state index in [-0.39, 0.29) is 5.92 Å². The number of nitriles is 2. The molecule has 1 fully saturated rings. The summed E-state index contributed by atoms with van der Waals surface area (Å²) in [5.74, 6) is -3.24.